The lowest BCUT2D eigenvalue weighted by Crippen LogP contribution is -2.37. The molecule has 3 nitrogen and oxygen atoms in total. The maximum absolute atomic E-state index is 12.7. The van der Waals surface area contributed by atoms with Crippen LogP contribution in [-0.2, 0) is 10.0 Å². The van der Waals surface area contributed by atoms with Crippen molar-refractivity contribution in [1.82, 2.24) is 4.72 Å². The minimum atomic E-state index is -4.68. The summed E-state index contributed by atoms with van der Waals surface area (Å²) in [7, 11) is -3.95. The molecule has 0 aliphatic rings. The van der Waals surface area contributed by atoms with E-state index in [1.54, 1.807) is 4.72 Å². The maximum atomic E-state index is 12.7. The zero-order valence-corrected chi connectivity index (χ0v) is 11.0. The van der Waals surface area contributed by atoms with Gasteiger partial charge in [0, 0.05) is 4.47 Å². The second-order valence-corrected chi connectivity index (χ2v) is 6.11. The summed E-state index contributed by atoms with van der Waals surface area (Å²) >= 11 is 3.09. The van der Waals surface area contributed by atoms with Gasteiger partial charge in [-0.05, 0) is 17.7 Å². The average Bonchev–Trinajstić information content (AvgIpc) is 2.13. The molecule has 96 valence electrons. The van der Waals surface area contributed by atoms with Crippen molar-refractivity contribution in [3.05, 3.63) is 34.3 Å². The Kier molecular flexibility index (Phi) is 4.21. The van der Waals surface area contributed by atoms with Gasteiger partial charge in [0.15, 0.2) is 0 Å². The van der Waals surface area contributed by atoms with E-state index in [9.17, 15) is 21.6 Å². The first-order chi connectivity index (χ1) is 7.59. The molecule has 0 unspecified atom stereocenters. The number of halogens is 4. The fourth-order valence-corrected chi connectivity index (χ4v) is 2.16. The van der Waals surface area contributed by atoms with Crippen LogP contribution in [0.1, 0.15) is 11.6 Å². The quantitative estimate of drug-likeness (QED) is 0.925. The molecular weight excluding hydrogens is 323 g/mol. The Morgan fingerprint density at radius 2 is 1.71 bits per heavy atom. The first-order valence-electron chi connectivity index (χ1n) is 4.39. The summed E-state index contributed by atoms with van der Waals surface area (Å²) in [5, 5.41) is 0. The van der Waals surface area contributed by atoms with Crippen molar-refractivity contribution in [2.75, 3.05) is 6.26 Å². The number of sulfonamides is 1. The van der Waals surface area contributed by atoms with E-state index in [-0.39, 0.29) is 5.56 Å². The van der Waals surface area contributed by atoms with Gasteiger partial charge in [-0.3, -0.25) is 0 Å². The number of nitrogens with one attached hydrogen (secondary N) is 1. The number of hydrogen-bond donors (Lipinski definition) is 1. The number of alkyl halides is 3. The monoisotopic (exact) mass is 331 g/mol. The van der Waals surface area contributed by atoms with Crippen LogP contribution in [0.15, 0.2) is 28.7 Å². The highest BCUT2D eigenvalue weighted by molar-refractivity contribution is 9.10. The third-order valence-electron chi connectivity index (χ3n) is 1.86. The Labute approximate surface area is 105 Å². The van der Waals surface area contributed by atoms with E-state index in [1.165, 1.54) is 24.3 Å². The Morgan fingerprint density at radius 3 is 2.06 bits per heavy atom. The molecule has 1 N–H and O–H groups in total. The van der Waals surface area contributed by atoms with Crippen LogP contribution in [0.4, 0.5) is 13.2 Å². The lowest BCUT2D eigenvalue weighted by atomic mass is 10.1. The zero-order chi connectivity index (χ0) is 13.3. The van der Waals surface area contributed by atoms with Crippen molar-refractivity contribution in [1.29, 1.82) is 0 Å². The van der Waals surface area contributed by atoms with Crippen molar-refractivity contribution in [3.63, 3.8) is 0 Å². The second-order valence-electron chi connectivity index (χ2n) is 3.42. The van der Waals surface area contributed by atoms with Crippen LogP contribution in [0.3, 0.4) is 0 Å². The van der Waals surface area contributed by atoms with Crippen molar-refractivity contribution >= 4 is 26.0 Å². The first kappa shape index (κ1) is 14.5. The molecule has 0 amide bonds. The third-order valence-corrected chi connectivity index (χ3v) is 3.06. The average molecular weight is 332 g/mol. The molecular formula is C9H9BrF3NO2S. The van der Waals surface area contributed by atoms with Crippen LogP contribution >= 0.6 is 15.9 Å². The molecule has 0 radical (unpaired) electrons. The smallest absolute Gasteiger partial charge is 0.213 e. The van der Waals surface area contributed by atoms with Crippen LogP contribution in [0.2, 0.25) is 0 Å². The summed E-state index contributed by atoms with van der Waals surface area (Å²) in [4.78, 5) is 0. The minimum absolute atomic E-state index is 0.161. The number of rotatable bonds is 3. The molecule has 17 heavy (non-hydrogen) atoms. The molecule has 0 aliphatic carbocycles. The fourth-order valence-electron chi connectivity index (χ4n) is 1.19. The van der Waals surface area contributed by atoms with Crippen LogP contribution in [0.5, 0.6) is 0 Å². The standard InChI is InChI=1S/C9H9BrF3NO2S/c1-17(15,16)14-8(9(11,12)13)6-2-4-7(10)5-3-6/h2-5,8,14H,1H3/t8-/m0/s1. The molecule has 0 heterocycles. The molecule has 0 fully saturated rings. The van der Waals surface area contributed by atoms with Gasteiger partial charge in [0.25, 0.3) is 0 Å². The van der Waals surface area contributed by atoms with E-state index in [0.717, 1.165) is 0 Å². The SMILES string of the molecule is CS(=O)(=O)N[C@@H](c1ccc(Br)cc1)C(F)(F)F. The van der Waals surface area contributed by atoms with Gasteiger partial charge >= 0.3 is 6.18 Å². The summed E-state index contributed by atoms with van der Waals surface area (Å²) < 4.78 is 62.1. The lowest BCUT2D eigenvalue weighted by molar-refractivity contribution is -0.153. The van der Waals surface area contributed by atoms with Gasteiger partial charge in [-0.1, -0.05) is 28.1 Å². The minimum Gasteiger partial charge on any atom is -0.213 e. The summed E-state index contributed by atoms with van der Waals surface area (Å²) in [5.41, 5.74) is -0.161. The third kappa shape index (κ3) is 4.64. The molecule has 0 bridgehead atoms. The fraction of sp³-hybridized carbons (Fsp3) is 0.333. The highest BCUT2D eigenvalue weighted by Gasteiger charge is 2.42. The highest BCUT2D eigenvalue weighted by atomic mass is 79.9. The zero-order valence-electron chi connectivity index (χ0n) is 8.62. The summed E-state index contributed by atoms with van der Waals surface area (Å²) in [5.74, 6) is 0. The molecule has 1 aromatic rings. The predicted octanol–water partition coefficient (Wildman–Crippen LogP) is 2.60. The van der Waals surface area contributed by atoms with E-state index in [4.69, 9.17) is 0 Å². The van der Waals surface area contributed by atoms with E-state index in [0.29, 0.717) is 10.7 Å². The summed E-state index contributed by atoms with van der Waals surface area (Å²) in [6.45, 7) is 0. The van der Waals surface area contributed by atoms with E-state index >= 15 is 0 Å². The van der Waals surface area contributed by atoms with Crippen molar-refractivity contribution in [2.24, 2.45) is 0 Å². The van der Waals surface area contributed by atoms with Gasteiger partial charge in [0.1, 0.15) is 6.04 Å². The Bertz CT molecular complexity index is 484. The Balaban J connectivity index is 3.12. The molecule has 8 heteroatoms. The van der Waals surface area contributed by atoms with Gasteiger partial charge in [0.05, 0.1) is 6.26 Å². The maximum Gasteiger partial charge on any atom is 0.408 e. The molecule has 0 aromatic heterocycles. The molecule has 1 rings (SSSR count). The summed E-state index contributed by atoms with van der Waals surface area (Å²) in [6.07, 6.45) is -4.00. The Morgan fingerprint density at radius 1 is 1.24 bits per heavy atom. The lowest BCUT2D eigenvalue weighted by Gasteiger charge is -2.20. The molecule has 0 aliphatic heterocycles. The predicted molar refractivity (Wildman–Crippen MR) is 60.9 cm³/mol. The summed E-state index contributed by atoms with van der Waals surface area (Å²) in [6, 6.07) is 3.02. The number of hydrogen-bond acceptors (Lipinski definition) is 2. The van der Waals surface area contributed by atoms with E-state index < -0.39 is 22.2 Å². The van der Waals surface area contributed by atoms with Crippen LogP contribution < -0.4 is 4.72 Å². The molecule has 1 aromatic carbocycles. The Hall–Kier alpha value is -0.600. The van der Waals surface area contributed by atoms with Gasteiger partial charge in [-0.2, -0.15) is 17.9 Å². The van der Waals surface area contributed by atoms with Gasteiger partial charge < -0.3 is 0 Å². The van der Waals surface area contributed by atoms with Crippen molar-refractivity contribution in [3.8, 4) is 0 Å². The van der Waals surface area contributed by atoms with E-state index in [2.05, 4.69) is 15.9 Å². The van der Waals surface area contributed by atoms with Gasteiger partial charge in [-0.15, -0.1) is 0 Å². The van der Waals surface area contributed by atoms with Gasteiger partial charge in [0.2, 0.25) is 10.0 Å². The van der Waals surface area contributed by atoms with Crippen LogP contribution in [0, 0.1) is 0 Å². The van der Waals surface area contributed by atoms with Gasteiger partial charge in [-0.25, -0.2) is 8.42 Å². The van der Waals surface area contributed by atoms with Crippen molar-refractivity contribution < 1.29 is 21.6 Å². The largest absolute Gasteiger partial charge is 0.408 e. The van der Waals surface area contributed by atoms with Crippen LogP contribution in [0.25, 0.3) is 0 Å². The highest BCUT2D eigenvalue weighted by Crippen LogP contribution is 2.33. The van der Waals surface area contributed by atoms with Crippen molar-refractivity contribution in [2.45, 2.75) is 12.2 Å². The second kappa shape index (κ2) is 4.95. The topological polar surface area (TPSA) is 46.2 Å². The normalized spacial score (nSPS) is 14.6. The number of benzene rings is 1. The van der Waals surface area contributed by atoms with E-state index in [1.807, 2.05) is 0 Å². The molecule has 0 spiro atoms. The first-order valence-corrected chi connectivity index (χ1v) is 7.07. The molecule has 0 saturated carbocycles. The van der Waals surface area contributed by atoms with Crippen LogP contribution in [-0.4, -0.2) is 20.8 Å². The molecule has 1 atom stereocenters. The molecule has 0 saturated heterocycles.